The molecule has 1 amide bonds. The van der Waals surface area contributed by atoms with Gasteiger partial charge in [-0.3, -0.25) is 4.79 Å². The second-order valence-corrected chi connectivity index (χ2v) is 10.7. The zero-order valence-corrected chi connectivity index (χ0v) is 18.3. The summed E-state index contributed by atoms with van der Waals surface area (Å²) in [6.07, 6.45) is 11.3. The van der Waals surface area contributed by atoms with E-state index in [2.05, 4.69) is 15.2 Å². The second-order valence-electron chi connectivity index (χ2n) is 10.7. The SMILES string of the molecule is O=C(N[C@H]1C2CC3CC1C[C@@](O)(C3)C2)c1cnc(N2CCOCC2)nc1C1CCCC1. The fourth-order valence-electron chi connectivity index (χ4n) is 7.43. The molecule has 1 saturated heterocycles. The molecule has 6 aliphatic rings. The van der Waals surface area contributed by atoms with Crippen molar-refractivity contribution >= 4 is 11.9 Å². The molecule has 7 heteroatoms. The summed E-state index contributed by atoms with van der Waals surface area (Å²) in [5, 5.41) is 14.3. The second kappa shape index (κ2) is 7.69. The maximum Gasteiger partial charge on any atom is 0.254 e. The van der Waals surface area contributed by atoms with Crippen LogP contribution in [0, 0.1) is 17.8 Å². The van der Waals surface area contributed by atoms with Gasteiger partial charge in [0.25, 0.3) is 5.91 Å². The summed E-state index contributed by atoms with van der Waals surface area (Å²) >= 11 is 0. The normalized spacial score (nSPS) is 37.4. The Morgan fingerprint density at radius 1 is 1.13 bits per heavy atom. The van der Waals surface area contributed by atoms with Crippen LogP contribution < -0.4 is 10.2 Å². The lowest BCUT2D eigenvalue weighted by atomic mass is 9.52. The predicted octanol–water partition coefficient (Wildman–Crippen LogP) is 2.64. The smallest absolute Gasteiger partial charge is 0.254 e. The van der Waals surface area contributed by atoms with Crippen molar-refractivity contribution in [1.82, 2.24) is 15.3 Å². The largest absolute Gasteiger partial charge is 0.390 e. The van der Waals surface area contributed by atoms with Crippen molar-refractivity contribution in [2.45, 2.75) is 75.3 Å². The van der Waals surface area contributed by atoms with Crippen molar-refractivity contribution in [2.75, 3.05) is 31.2 Å². The molecule has 31 heavy (non-hydrogen) atoms. The molecule has 0 aromatic carbocycles. The molecule has 1 aromatic heterocycles. The van der Waals surface area contributed by atoms with Gasteiger partial charge in [-0.1, -0.05) is 12.8 Å². The van der Waals surface area contributed by atoms with Crippen molar-refractivity contribution in [1.29, 1.82) is 0 Å². The van der Waals surface area contributed by atoms with Gasteiger partial charge in [0, 0.05) is 31.2 Å². The Labute approximate surface area is 184 Å². The van der Waals surface area contributed by atoms with E-state index < -0.39 is 5.60 Å². The van der Waals surface area contributed by atoms with Crippen LogP contribution in [-0.2, 0) is 4.74 Å². The number of anilines is 1. The van der Waals surface area contributed by atoms with Crippen molar-refractivity contribution < 1.29 is 14.6 Å². The molecule has 0 radical (unpaired) electrons. The van der Waals surface area contributed by atoms with E-state index in [0.29, 0.717) is 42.4 Å². The van der Waals surface area contributed by atoms with E-state index in [0.717, 1.165) is 69.7 Å². The number of nitrogens with zero attached hydrogens (tertiary/aromatic N) is 3. The molecule has 1 aromatic rings. The number of aliphatic hydroxyl groups is 1. The van der Waals surface area contributed by atoms with Crippen LogP contribution >= 0.6 is 0 Å². The van der Waals surface area contributed by atoms with Gasteiger partial charge in [0.05, 0.1) is 30.1 Å². The molecule has 1 aliphatic heterocycles. The minimum atomic E-state index is -0.477. The fourth-order valence-corrected chi connectivity index (χ4v) is 7.43. The van der Waals surface area contributed by atoms with Crippen LogP contribution in [0.2, 0.25) is 0 Å². The zero-order valence-electron chi connectivity index (χ0n) is 18.3. The first-order valence-corrected chi connectivity index (χ1v) is 12.3. The van der Waals surface area contributed by atoms with Crippen molar-refractivity contribution in [2.24, 2.45) is 17.8 Å². The van der Waals surface area contributed by atoms with Crippen LogP contribution in [-0.4, -0.2) is 58.9 Å². The molecule has 7 rings (SSSR count). The van der Waals surface area contributed by atoms with Crippen molar-refractivity contribution in [3.8, 4) is 0 Å². The molecule has 4 bridgehead atoms. The number of morpholine rings is 1. The summed E-state index contributed by atoms with van der Waals surface area (Å²) in [6.45, 7) is 2.99. The Bertz CT molecular complexity index is 833. The van der Waals surface area contributed by atoms with Crippen molar-refractivity contribution in [3.63, 3.8) is 0 Å². The van der Waals surface area contributed by atoms with Gasteiger partial charge >= 0.3 is 0 Å². The molecule has 6 fully saturated rings. The maximum atomic E-state index is 13.5. The maximum absolute atomic E-state index is 13.5. The van der Waals surface area contributed by atoms with Crippen LogP contribution in [0.25, 0.3) is 0 Å². The van der Waals surface area contributed by atoms with Gasteiger partial charge in [0.2, 0.25) is 5.95 Å². The van der Waals surface area contributed by atoms with Gasteiger partial charge in [0.1, 0.15) is 0 Å². The van der Waals surface area contributed by atoms with Gasteiger partial charge in [-0.05, 0) is 62.7 Å². The van der Waals surface area contributed by atoms with Gasteiger partial charge in [-0.2, -0.15) is 0 Å². The summed E-state index contributed by atoms with van der Waals surface area (Å²) in [6, 6.07) is 0.180. The molecule has 2 unspecified atom stereocenters. The van der Waals surface area contributed by atoms with E-state index in [9.17, 15) is 9.90 Å². The fraction of sp³-hybridized carbons (Fsp3) is 0.792. The first-order valence-electron chi connectivity index (χ1n) is 12.3. The van der Waals surface area contributed by atoms with E-state index >= 15 is 0 Å². The molecule has 5 saturated carbocycles. The molecular formula is C24H34N4O3. The van der Waals surface area contributed by atoms with E-state index in [1.54, 1.807) is 6.20 Å². The Hall–Kier alpha value is -1.73. The Morgan fingerprint density at radius 2 is 1.84 bits per heavy atom. The number of ether oxygens (including phenoxy) is 1. The van der Waals surface area contributed by atoms with E-state index in [-0.39, 0.29) is 11.9 Å². The average molecular weight is 427 g/mol. The van der Waals surface area contributed by atoms with E-state index in [1.165, 1.54) is 12.8 Å². The van der Waals surface area contributed by atoms with Crippen LogP contribution in [0.5, 0.6) is 0 Å². The Balaban J connectivity index is 1.25. The third kappa shape index (κ3) is 3.63. The standard InChI is InChI=1S/C24H34N4O3/c29-22(26-20-17-9-15-10-18(20)13-24(30,11-15)12-17)19-14-25-23(28-5-7-31-8-6-28)27-21(19)16-3-1-2-4-16/h14-18,20,30H,1-13H2,(H,26,29)/t15?,17?,18?,20-,24+. The lowest BCUT2D eigenvalue weighted by Gasteiger charge is -2.58. The number of carbonyl (C=O) groups is 1. The van der Waals surface area contributed by atoms with Gasteiger partial charge < -0.3 is 20.1 Å². The van der Waals surface area contributed by atoms with Crippen LogP contribution in [0.4, 0.5) is 5.95 Å². The number of aromatic nitrogens is 2. The number of nitrogens with one attached hydrogen (secondary N) is 1. The molecule has 5 aliphatic carbocycles. The predicted molar refractivity (Wildman–Crippen MR) is 116 cm³/mol. The van der Waals surface area contributed by atoms with Crippen LogP contribution in [0.1, 0.15) is 79.8 Å². The monoisotopic (exact) mass is 426 g/mol. The molecular weight excluding hydrogens is 392 g/mol. The summed E-state index contributed by atoms with van der Waals surface area (Å²) in [5.74, 6) is 2.52. The van der Waals surface area contributed by atoms with Gasteiger partial charge in [-0.25, -0.2) is 9.97 Å². The van der Waals surface area contributed by atoms with E-state index in [4.69, 9.17) is 9.72 Å². The van der Waals surface area contributed by atoms with E-state index in [1.807, 2.05) is 0 Å². The number of amides is 1. The number of hydrogen-bond acceptors (Lipinski definition) is 6. The van der Waals surface area contributed by atoms with Crippen LogP contribution in [0.15, 0.2) is 6.20 Å². The quantitative estimate of drug-likeness (QED) is 0.770. The first kappa shape index (κ1) is 19.9. The minimum Gasteiger partial charge on any atom is -0.390 e. The average Bonchev–Trinajstić information content (AvgIpc) is 3.30. The lowest BCUT2D eigenvalue weighted by Crippen LogP contribution is -2.61. The van der Waals surface area contributed by atoms with Gasteiger partial charge in [0.15, 0.2) is 0 Å². The topological polar surface area (TPSA) is 87.6 Å². The van der Waals surface area contributed by atoms with Gasteiger partial charge in [-0.15, -0.1) is 0 Å². The number of rotatable bonds is 4. The molecule has 0 spiro atoms. The molecule has 168 valence electrons. The number of carbonyl (C=O) groups excluding carboxylic acids is 1. The Morgan fingerprint density at radius 3 is 2.52 bits per heavy atom. The highest BCUT2D eigenvalue weighted by Gasteiger charge is 2.55. The molecule has 2 heterocycles. The molecule has 7 nitrogen and oxygen atoms in total. The summed E-state index contributed by atoms with van der Waals surface area (Å²) in [5.41, 5.74) is 1.13. The highest BCUT2D eigenvalue weighted by molar-refractivity contribution is 5.95. The first-order chi connectivity index (χ1) is 15.1. The lowest BCUT2D eigenvalue weighted by molar-refractivity contribution is -0.136. The third-order valence-corrected chi connectivity index (χ3v) is 8.62. The highest BCUT2D eigenvalue weighted by Crippen LogP contribution is 2.55. The Kier molecular flexibility index (Phi) is 4.94. The zero-order chi connectivity index (χ0) is 21.0. The van der Waals surface area contributed by atoms with Crippen LogP contribution in [0.3, 0.4) is 0 Å². The summed E-state index contributed by atoms with van der Waals surface area (Å²) in [7, 11) is 0. The summed E-state index contributed by atoms with van der Waals surface area (Å²) in [4.78, 5) is 25.2. The third-order valence-electron chi connectivity index (χ3n) is 8.62. The number of hydrogen-bond donors (Lipinski definition) is 2. The highest BCUT2D eigenvalue weighted by atomic mass is 16.5. The molecule has 2 N–H and O–H groups in total. The summed E-state index contributed by atoms with van der Waals surface area (Å²) < 4.78 is 5.47. The minimum absolute atomic E-state index is 0.0140. The van der Waals surface area contributed by atoms with Crippen molar-refractivity contribution in [3.05, 3.63) is 17.5 Å². The molecule has 2 atom stereocenters.